The molecule has 0 aromatic carbocycles. The van der Waals surface area contributed by atoms with E-state index in [9.17, 15) is 9.59 Å². The van der Waals surface area contributed by atoms with Crippen LogP contribution in [0.1, 0.15) is 34.6 Å². The van der Waals surface area contributed by atoms with E-state index in [4.69, 9.17) is 16.3 Å². The minimum atomic E-state index is -0.648. The van der Waals surface area contributed by atoms with Crippen LogP contribution in [0.25, 0.3) is 0 Å². The lowest BCUT2D eigenvalue weighted by Crippen LogP contribution is -2.47. The van der Waals surface area contributed by atoms with Crippen molar-refractivity contribution in [1.29, 1.82) is 0 Å². The van der Waals surface area contributed by atoms with Crippen LogP contribution < -0.4 is 5.32 Å². The number of amides is 1. The number of carbonyl (C=O) groups is 2. The Morgan fingerprint density at radius 1 is 1.31 bits per heavy atom. The van der Waals surface area contributed by atoms with Gasteiger partial charge in [-0.25, -0.2) is 4.79 Å². The molecule has 4 nitrogen and oxygen atoms in total. The Kier molecular flexibility index (Phi) is 5.79. The third-order valence-corrected chi connectivity index (χ3v) is 2.01. The molecular formula is C11H20ClNO3. The maximum atomic E-state index is 11.8. The van der Waals surface area contributed by atoms with Crippen molar-refractivity contribution >= 4 is 23.5 Å². The molecule has 0 saturated heterocycles. The fraction of sp³-hybridized carbons (Fsp3) is 0.818. The molecule has 0 saturated carbocycles. The predicted octanol–water partition coefficient (Wildman–Crippen LogP) is 1.71. The lowest BCUT2D eigenvalue weighted by molar-refractivity contribution is -0.159. The van der Waals surface area contributed by atoms with Crippen LogP contribution in [0.5, 0.6) is 0 Å². The van der Waals surface area contributed by atoms with Crippen LogP contribution in [0.2, 0.25) is 0 Å². The zero-order valence-electron chi connectivity index (χ0n) is 10.5. The van der Waals surface area contributed by atoms with Gasteiger partial charge >= 0.3 is 5.97 Å². The van der Waals surface area contributed by atoms with Gasteiger partial charge in [-0.3, -0.25) is 4.79 Å². The minimum Gasteiger partial charge on any atom is -0.458 e. The Morgan fingerprint density at radius 3 is 2.12 bits per heavy atom. The first-order chi connectivity index (χ1) is 7.17. The lowest BCUT2D eigenvalue weighted by atomic mass is 10.0. The van der Waals surface area contributed by atoms with E-state index in [0.717, 1.165) is 0 Å². The topological polar surface area (TPSA) is 55.4 Å². The Bertz CT molecular complexity index is 258. The highest BCUT2D eigenvalue weighted by atomic mass is 35.5. The van der Waals surface area contributed by atoms with E-state index in [2.05, 4.69) is 5.32 Å². The summed E-state index contributed by atoms with van der Waals surface area (Å²) in [7, 11) is 0. The molecule has 0 aromatic rings. The summed E-state index contributed by atoms with van der Waals surface area (Å²) < 4.78 is 5.21. The highest BCUT2D eigenvalue weighted by Gasteiger charge is 2.28. The zero-order valence-corrected chi connectivity index (χ0v) is 11.2. The van der Waals surface area contributed by atoms with Gasteiger partial charge in [0.15, 0.2) is 0 Å². The van der Waals surface area contributed by atoms with Gasteiger partial charge in [0.2, 0.25) is 5.91 Å². The maximum absolute atomic E-state index is 11.8. The van der Waals surface area contributed by atoms with Crippen LogP contribution >= 0.6 is 11.6 Å². The number of esters is 1. The SMILES string of the molecule is CC(C)[C@@H](NC(=O)CCl)C(=O)OC(C)(C)C. The molecule has 0 rings (SSSR count). The second-order valence-electron chi connectivity index (χ2n) is 4.96. The molecule has 0 bridgehead atoms. The van der Waals surface area contributed by atoms with E-state index in [1.807, 2.05) is 13.8 Å². The second-order valence-corrected chi connectivity index (χ2v) is 5.22. The molecule has 0 aliphatic heterocycles. The van der Waals surface area contributed by atoms with E-state index in [1.165, 1.54) is 0 Å². The van der Waals surface area contributed by atoms with Crippen molar-refractivity contribution in [2.75, 3.05) is 5.88 Å². The van der Waals surface area contributed by atoms with Crippen molar-refractivity contribution in [2.24, 2.45) is 5.92 Å². The molecule has 0 spiro atoms. The maximum Gasteiger partial charge on any atom is 0.329 e. The zero-order chi connectivity index (χ0) is 12.9. The largest absolute Gasteiger partial charge is 0.458 e. The highest BCUT2D eigenvalue weighted by Crippen LogP contribution is 2.12. The summed E-state index contributed by atoms with van der Waals surface area (Å²) in [4.78, 5) is 22.9. The fourth-order valence-corrected chi connectivity index (χ4v) is 1.15. The first-order valence-corrected chi connectivity index (χ1v) is 5.79. The Morgan fingerprint density at radius 2 is 1.81 bits per heavy atom. The van der Waals surface area contributed by atoms with Crippen LogP contribution in [-0.2, 0) is 14.3 Å². The van der Waals surface area contributed by atoms with Crippen molar-refractivity contribution < 1.29 is 14.3 Å². The molecule has 5 heteroatoms. The normalized spacial score (nSPS) is 13.4. The van der Waals surface area contributed by atoms with Crippen LogP contribution in [0.15, 0.2) is 0 Å². The summed E-state index contributed by atoms with van der Waals surface area (Å²) in [5.74, 6) is -0.999. The van der Waals surface area contributed by atoms with Crippen molar-refractivity contribution in [3.8, 4) is 0 Å². The lowest BCUT2D eigenvalue weighted by Gasteiger charge is -2.26. The van der Waals surface area contributed by atoms with Gasteiger partial charge in [0.05, 0.1) is 0 Å². The molecule has 1 N–H and O–H groups in total. The van der Waals surface area contributed by atoms with Crippen LogP contribution in [0.4, 0.5) is 0 Å². The molecule has 1 atom stereocenters. The number of hydrogen-bond acceptors (Lipinski definition) is 3. The Balaban J connectivity index is 4.54. The summed E-state index contributed by atoms with van der Waals surface area (Å²) in [6.45, 7) is 9.02. The number of nitrogens with one attached hydrogen (secondary N) is 1. The van der Waals surface area contributed by atoms with Gasteiger partial charge in [-0.2, -0.15) is 0 Å². The van der Waals surface area contributed by atoms with Gasteiger partial charge in [-0.05, 0) is 26.7 Å². The average Bonchev–Trinajstić information content (AvgIpc) is 2.09. The molecule has 0 aliphatic rings. The Labute approximate surface area is 102 Å². The molecule has 16 heavy (non-hydrogen) atoms. The predicted molar refractivity (Wildman–Crippen MR) is 63.3 cm³/mol. The summed E-state index contributed by atoms with van der Waals surface area (Å²) in [5.41, 5.74) is -0.560. The Hall–Kier alpha value is -0.770. The van der Waals surface area contributed by atoms with Crippen LogP contribution in [-0.4, -0.2) is 29.4 Å². The van der Waals surface area contributed by atoms with Gasteiger partial charge in [-0.15, -0.1) is 11.6 Å². The van der Waals surface area contributed by atoms with Crippen LogP contribution in [0.3, 0.4) is 0 Å². The molecule has 94 valence electrons. The first kappa shape index (κ1) is 15.2. The van der Waals surface area contributed by atoms with Gasteiger partial charge in [0.1, 0.15) is 17.5 Å². The van der Waals surface area contributed by atoms with E-state index < -0.39 is 17.6 Å². The monoisotopic (exact) mass is 249 g/mol. The molecule has 0 unspecified atom stereocenters. The van der Waals surface area contributed by atoms with Crippen molar-refractivity contribution in [3.05, 3.63) is 0 Å². The molecule has 1 amide bonds. The molecule has 0 heterocycles. The van der Waals surface area contributed by atoms with E-state index >= 15 is 0 Å². The molecule has 0 aromatic heterocycles. The number of alkyl halides is 1. The highest BCUT2D eigenvalue weighted by molar-refractivity contribution is 6.27. The van der Waals surface area contributed by atoms with Gasteiger partial charge in [0.25, 0.3) is 0 Å². The van der Waals surface area contributed by atoms with Gasteiger partial charge in [0, 0.05) is 0 Å². The number of ether oxygens (including phenoxy) is 1. The number of carbonyl (C=O) groups excluding carboxylic acids is 2. The smallest absolute Gasteiger partial charge is 0.329 e. The van der Waals surface area contributed by atoms with E-state index in [-0.39, 0.29) is 17.7 Å². The van der Waals surface area contributed by atoms with Gasteiger partial charge < -0.3 is 10.1 Å². The quantitative estimate of drug-likeness (QED) is 0.610. The summed E-state index contributed by atoms with van der Waals surface area (Å²) in [6, 6.07) is -0.648. The third kappa shape index (κ3) is 5.95. The van der Waals surface area contributed by atoms with Crippen molar-refractivity contribution in [3.63, 3.8) is 0 Å². The number of hydrogen-bond donors (Lipinski definition) is 1. The average molecular weight is 250 g/mol. The summed E-state index contributed by atoms with van der Waals surface area (Å²) >= 11 is 5.37. The summed E-state index contributed by atoms with van der Waals surface area (Å²) in [6.07, 6.45) is 0. The molecule has 0 fully saturated rings. The van der Waals surface area contributed by atoms with E-state index in [1.54, 1.807) is 20.8 Å². The van der Waals surface area contributed by atoms with Gasteiger partial charge in [-0.1, -0.05) is 13.8 Å². The molecule has 0 aliphatic carbocycles. The van der Waals surface area contributed by atoms with E-state index in [0.29, 0.717) is 0 Å². The van der Waals surface area contributed by atoms with Crippen LogP contribution in [0, 0.1) is 5.92 Å². The third-order valence-electron chi connectivity index (χ3n) is 1.77. The van der Waals surface area contributed by atoms with Crippen molar-refractivity contribution in [2.45, 2.75) is 46.3 Å². The molecule has 0 radical (unpaired) electrons. The fourth-order valence-electron chi connectivity index (χ4n) is 1.08. The number of halogens is 1. The molecular weight excluding hydrogens is 230 g/mol. The second kappa shape index (κ2) is 6.09. The van der Waals surface area contributed by atoms with Crippen molar-refractivity contribution in [1.82, 2.24) is 5.32 Å². The summed E-state index contributed by atoms with van der Waals surface area (Å²) in [5, 5.41) is 2.54. The minimum absolute atomic E-state index is 0.0398. The standard InChI is InChI=1S/C11H20ClNO3/c1-7(2)9(13-8(14)6-12)10(15)16-11(3,4)5/h7,9H,6H2,1-5H3,(H,13,14)/t9-/m1/s1. The first-order valence-electron chi connectivity index (χ1n) is 5.25. The number of rotatable bonds is 4.